The van der Waals surface area contributed by atoms with Crippen LogP contribution < -0.4 is 5.32 Å². The highest BCUT2D eigenvalue weighted by Gasteiger charge is 2.01. The molecular weight excluding hydrogens is 154 g/mol. The van der Waals surface area contributed by atoms with Gasteiger partial charge in [-0.05, 0) is 19.5 Å². The van der Waals surface area contributed by atoms with E-state index in [1.54, 1.807) is 7.11 Å². The highest BCUT2D eigenvalue weighted by Crippen LogP contribution is 1.95. The minimum Gasteiger partial charge on any atom is -0.382 e. The molecule has 3 nitrogen and oxygen atoms in total. The summed E-state index contributed by atoms with van der Waals surface area (Å²) in [7, 11) is 3.56. The van der Waals surface area contributed by atoms with Crippen LogP contribution >= 0.6 is 0 Å². The molecule has 0 spiro atoms. The van der Waals surface area contributed by atoms with E-state index in [0.29, 0.717) is 13.2 Å². The number of methoxy groups -OCH3 is 1. The smallest absolute Gasteiger partial charge is 0.0784 e. The highest BCUT2D eigenvalue weighted by atomic mass is 16.5. The molecule has 0 aromatic rings. The molecule has 0 fully saturated rings. The monoisotopic (exact) mass is 173 g/mol. The molecule has 0 radical (unpaired) electrons. The van der Waals surface area contributed by atoms with E-state index in [0.717, 1.165) is 12.1 Å². The molecule has 72 valence electrons. The summed E-state index contributed by atoms with van der Waals surface area (Å²) in [4.78, 5) is 0. The van der Waals surface area contributed by atoms with Gasteiger partial charge in [0.25, 0.3) is 0 Å². The number of ether oxygens (including phenoxy) is 2. The molecule has 0 aliphatic rings. The molecule has 3 heteroatoms. The highest BCUT2D eigenvalue weighted by molar-refractivity contribution is 4.96. The lowest BCUT2D eigenvalue weighted by molar-refractivity contribution is 0.0196. The minimum absolute atomic E-state index is 0.142. The molecule has 1 atom stereocenters. The van der Waals surface area contributed by atoms with Gasteiger partial charge in [-0.3, -0.25) is 0 Å². The van der Waals surface area contributed by atoms with Gasteiger partial charge in [-0.2, -0.15) is 0 Å². The molecule has 0 aromatic carbocycles. The standard InChI is InChI=1S/C9H19NO2/c1-8(5-10-3)6-12-9(2)7-11-4/h9-10H,1,5-7H2,2-4H3. The van der Waals surface area contributed by atoms with Gasteiger partial charge in [0.05, 0.1) is 19.3 Å². The summed E-state index contributed by atoms with van der Waals surface area (Å²) >= 11 is 0. The normalized spacial score (nSPS) is 12.9. The third kappa shape index (κ3) is 6.34. The van der Waals surface area contributed by atoms with E-state index in [-0.39, 0.29) is 6.10 Å². The number of hydrogen-bond acceptors (Lipinski definition) is 3. The van der Waals surface area contributed by atoms with E-state index in [1.165, 1.54) is 0 Å². The van der Waals surface area contributed by atoms with Crippen molar-refractivity contribution in [3.63, 3.8) is 0 Å². The molecular formula is C9H19NO2. The Bertz CT molecular complexity index is 126. The van der Waals surface area contributed by atoms with Crippen molar-refractivity contribution in [2.24, 2.45) is 0 Å². The van der Waals surface area contributed by atoms with Crippen LogP contribution in [-0.4, -0.2) is 40.0 Å². The predicted molar refractivity (Wildman–Crippen MR) is 50.4 cm³/mol. The second-order valence-electron chi connectivity index (χ2n) is 2.86. The van der Waals surface area contributed by atoms with E-state index in [2.05, 4.69) is 11.9 Å². The molecule has 0 aliphatic heterocycles. The largest absolute Gasteiger partial charge is 0.382 e. The Kier molecular flexibility index (Phi) is 7.05. The summed E-state index contributed by atoms with van der Waals surface area (Å²) in [5, 5.41) is 3.01. The number of nitrogens with one attached hydrogen (secondary N) is 1. The van der Waals surface area contributed by atoms with Crippen LogP contribution in [0.3, 0.4) is 0 Å². The average Bonchev–Trinajstić information content (AvgIpc) is 2.02. The van der Waals surface area contributed by atoms with E-state index >= 15 is 0 Å². The van der Waals surface area contributed by atoms with Gasteiger partial charge < -0.3 is 14.8 Å². The average molecular weight is 173 g/mol. The van der Waals surface area contributed by atoms with Gasteiger partial charge in [-0.15, -0.1) is 0 Å². The van der Waals surface area contributed by atoms with Gasteiger partial charge >= 0.3 is 0 Å². The molecule has 12 heavy (non-hydrogen) atoms. The quantitative estimate of drug-likeness (QED) is 0.578. The van der Waals surface area contributed by atoms with Gasteiger partial charge in [0.15, 0.2) is 0 Å². The molecule has 0 rings (SSSR count). The maximum absolute atomic E-state index is 5.43. The van der Waals surface area contributed by atoms with Crippen molar-refractivity contribution < 1.29 is 9.47 Å². The first-order valence-corrected chi connectivity index (χ1v) is 4.12. The van der Waals surface area contributed by atoms with Crippen LogP contribution in [0.15, 0.2) is 12.2 Å². The lowest BCUT2D eigenvalue weighted by atomic mass is 10.3. The van der Waals surface area contributed by atoms with E-state index < -0.39 is 0 Å². The fourth-order valence-electron chi connectivity index (χ4n) is 0.844. The zero-order valence-electron chi connectivity index (χ0n) is 8.22. The number of hydrogen-bond donors (Lipinski definition) is 1. The summed E-state index contributed by atoms with van der Waals surface area (Å²) in [5.41, 5.74) is 1.06. The third-order valence-electron chi connectivity index (χ3n) is 1.40. The fourth-order valence-corrected chi connectivity index (χ4v) is 0.844. The second-order valence-corrected chi connectivity index (χ2v) is 2.86. The Labute approximate surface area is 74.7 Å². The molecule has 0 saturated carbocycles. The van der Waals surface area contributed by atoms with Crippen molar-refractivity contribution in [3.05, 3.63) is 12.2 Å². The summed E-state index contributed by atoms with van der Waals surface area (Å²) in [6.07, 6.45) is 0.142. The number of rotatable bonds is 7. The Morgan fingerprint density at radius 2 is 2.25 bits per heavy atom. The first-order valence-electron chi connectivity index (χ1n) is 4.12. The maximum atomic E-state index is 5.43. The van der Waals surface area contributed by atoms with E-state index in [4.69, 9.17) is 9.47 Å². The zero-order valence-corrected chi connectivity index (χ0v) is 8.22. The third-order valence-corrected chi connectivity index (χ3v) is 1.40. The topological polar surface area (TPSA) is 30.5 Å². The molecule has 0 heterocycles. The predicted octanol–water partition coefficient (Wildman–Crippen LogP) is 0.813. The molecule has 0 aromatic heterocycles. The fraction of sp³-hybridized carbons (Fsp3) is 0.778. The lowest BCUT2D eigenvalue weighted by Crippen LogP contribution is -2.19. The van der Waals surface area contributed by atoms with Crippen molar-refractivity contribution in [1.82, 2.24) is 5.32 Å². The summed E-state index contributed by atoms with van der Waals surface area (Å²) in [6, 6.07) is 0. The van der Waals surface area contributed by atoms with E-state index in [1.807, 2.05) is 14.0 Å². The van der Waals surface area contributed by atoms with Crippen molar-refractivity contribution in [2.75, 3.05) is 33.9 Å². The van der Waals surface area contributed by atoms with Crippen molar-refractivity contribution in [3.8, 4) is 0 Å². The second kappa shape index (κ2) is 7.28. The molecule has 0 aliphatic carbocycles. The van der Waals surface area contributed by atoms with Crippen LogP contribution in [0, 0.1) is 0 Å². The van der Waals surface area contributed by atoms with Crippen LogP contribution in [0.5, 0.6) is 0 Å². The Balaban J connectivity index is 3.33. The Morgan fingerprint density at radius 1 is 1.58 bits per heavy atom. The van der Waals surface area contributed by atoms with Gasteiger partial charge in [0.2, 0.25) is 0 Å². The van der Waals surface area contributed by atoms with Gasteiger partial charge in [0.1, 0.15) is 0 Å². The van der Waals surface area contributed by atoms with E-state index in [9.17, 15) is 0 Å². The summed E-state index contributed by atoms with van der Waals surface area (Å²) in [6.45, 7) is 7.87. The molecule has 0 saturated heterocycles. The first-order chi connectivity index (χ1) is 5.70. The van der Waals surface area contributed by atoms with Crippen LogP contribution in [0.1, 0.15) is 6.92 Å². The SMILES string of the molecule is C=C(CNC)COC(C)COC. The molecule has 1 unspecified atom stereocenters. The summed E-state index contributed by atoms with van der Waals surface area (Å²) < 4.78 is 10.4. The van der Waals surface area contributed by atoms with Gasteiger partial charge in [-0.1, -0.05) is 6.58 Å². The lowest BCUT2D eigenvalue weighted by Gasteiger charge is -2.12. The number of likely N-dealkylation sites (N-methyl/N-ethyl adjacent to an activating group) is 1. The van der Waals surface area contributed by atoms with Gasteiger partial charge in [-0.25, -0.2) is 0 Å². The van der Waals surface area contributed by atoms with Crippen molar-refractivity contribution in [1.29, 1.82) is 0 Å². The Morgan fingerprint density at radius 3 is 2.75 bits per heavy atom. The molecule has 1 N–H and O–H groups in total. The first kappa shape index (κ1) is 11.6. The zero-order chi connectivity index (χ0) is 9.40. The molecule has 0 amide bonds. The van der Waals surface area contributed by atoms with Gasteiger partial charge in [0, 0.05) is 13.7 Å². The van der Waals surface area contributed by atoms with Crippen LogP contribution in [0.2, 0.25) is 0 Å². The van der Waals surface area contributed by atoms with Crippen LogP contribution in [0.4, 0.5) is 0 Å². The van der Waals surface area contributed by atoms with Crippen molar-refractivity contribution >= 4 is 0 Å². The summed E-state index contributed by atoms with van der Waals surface area (Å²) in [5.74, 6) is 0. The van der Waals surface area contributed by atoms with Crippen molar-refractivity contribution in [2.45, 2.75) is 13.0 Å². The Hall–Kier alpha value is -0.380. The minimum atomic E-state index is 0.142. The van der Waals surface area contributed by atoms with Crippen LogP contribution in [0.25, 0.3) is 0 Å². The maximum Gasteiger partial charge on any atom is 0.0784 e. The van der Waals surface area contributed by atoms with Crippen LogP contribution in [-0.2, 0) is 9.47 Å². The molecule has 0 bridgehead atoms.